The molecule has 0 saturated carbocycles. The minimum absolute atomic E-state index is 0.00392. The zero-order valence-corrected chi connectivity index (χ0v) is 18.7. The number of hydrogen-bond donors (Lipinski definition) is 2. The fourth-order valence-corrected chi connectivity index (χ4v) is 3.40. The van der Waals surface area contributed by atoms with E-state index in [-0.39, 0.29) is 10.7 Å². The molecule has 10 heteroatoms. The quantitative estimate of drug-likeness (QED) is 0.229. The first-order valence-corrected chi connectivity index (χ1v) is 10.6. The molecule has 0 aliphatic rings. The van der Waals surface area contributed by atoms with Gasteiger partial charge in [0.25, 0.3) is 11.8 Å². The number of nitro groups is 1. The SMILES string of the molecule is CN(C)c1ccc(/C=C(/NC(=O)c2ccccc2)C(=O)N/N=C/c2ccc([N+](=O)[O-])s2)cc1. The molecule has 168 valence electrons. The van der Waals surface area contributed by atoms with Crippen LogP contribution in [0.25, 0.3) is 6.08 Å². The Balaban J connectivity index is 1.80. The molecule has 3 aromatic rings. The third kappa shape index (κ3) is 6.58. The minimum Gasteiger partial charge on any atom is -0.378 e. The molecule has 2 aromatic carbocycles. The van der Waals surface area contributed by atoms with E-state index in [1.54, 1.807) is 36.4 Å². The first kappa shape index (κ1) is 23.4. The van der Waals surface area contributed by atoms with Crippen molar-refractivity contribution in [2.24, 2.45) is 5.10 Å². The van der Waals surface area contributed by atoms with Gasteiger partial charge in [-0.2, -0.15) is 5.10 Å². The van der Waals surface area contributed by atoms with E-state index in [4.69, 9.17) is 0 Å². The van der Waals surface area contributed by atoms with Gasteiger partial charge in [0.15, 0.2) is 0 Å². The fraction of sp³-hybridized carbons (Fsp3) is 0.0870. The molecule has 0 saturated heterocycles. The van der Waals surface area contributed by atoms with Crippen LogP contribution in [0.4, 0.5) is 10.7 Å². The number of carbonyl (C=O) groups excluding carboxylic acids is 2. The molecule has 9 nitrogen and oxygen atoms in total. The van der Waals surface area contributed by atoms with Gasteiger partial charge in [-0.05, 0) is 42.0 Å². The maximum atomic E-state index is 12.8. The summed E-state index contributed by atoms with van der Waals surface area (Å²) in [5.74, 6) is -1.09. The summed E-state index contributed by atoms with van der Waals surface area (Å²) < 4.78 is 0. The van der Waals surface area contributed by atoms with Crippen LogP contribution in [0.15, 0.2) is 77.5 Å². The number of carbonyl (C=O) groups is 2. The van der Waals surface area contributed by atoms with E-state index < -0.39 is 16.7 Å². The number of nitrogens with zero attached hydrogens (tertiary/aromatic N) is 3. The molecular formula is C23H21N5O4S. The highest BCUT2D eigenvalue weighted by atomic mass is 32.1. The Labute approximate surface area is 194 Å². The van der Waals surface area contributed by atoms with Gasteiger partial charge in [0.1, 0.15) is 5.70 Å². The lowest BCUT2D eigenvalue weighted by molar-refractivity contribution is -0.380. The molecule has 2 amide bonds. The van der Waals surface area contributed by atoms with Crippen molar-refractivity contribution in [1.82, 2.24) is 10.7 Å². The van der Waals surface area contributed by atoms with E-state index in [2.05, 4.69) is 15.8 Å². The molecule has 1 heterocycles. The van der Waals surface area contributed by atoms with E-state index in [0.717, 1.165) is 17.0 Å². The van der Waals surface area contributed by atoms with Crippen LogP contribution in [0.3, 0.4) is 0 Å². The molecule has 0 atom stereocenters. The maximum absolute atomic E-state index is 12.8. The molecule has 0 fully saturated rings. The van der Waals surface area contributed by atoms with E-state index in [9.17, 15) is 19.7 Å². The van der Waals surface area contributed by atoms with Gasteiger partial charge in [0.2, 0.25) is 0 Å². The second-order valence-electron chi connectivity index (χ2n) is 7.00. The van der Waals surface area contributed by atoms with Gasteiger partial charge in [0.05, 0.1) is 16.0 Å². The Morgan fingerprint density at radius 1 is 1.03 bits per heavy atom. The summed E-state index contributed by atoms with van der Waals surface area (Å²) in [7, 11) is 3.84. The number of hydrazone groups is 1. The number of amides is 2. The third-order valence-electron chi connectivity index (χ3n) is 4.40. The largest absolute Gasteiger partial charge is 0.378 e. The van der Waals surface area contributed by atoms with Gasteiger partial charge in [-0.3, -0.25) is 19.7 Å². The molecule has 0 aliphatic carbocycles. The number of rotatable bonds is 8. The van der Waals surface area contributed by atoms with Crippen LogP contribution in [0.1, 0.15) is 20.8 Å². The standard InChI is InChI=1S/C23H21N5O4S/c1-27(2)18-10-8-16(9-11-18)14-20(25-22(29)17-6-4-3-5-7-17)23(30)26-24-15-19-12-13-21(33-19)28(31)32/h3-15H,1-2H3,(H,25,29)(H,26,30)/b20-14+,24-15+. The highest BCUT2D eigenvalue weighted by Gasteiger charge is 2.15. The van der Waals surface area contributed by atoms with Crippen molar-refractivity contribution < 1.29 is 14.5 Å². The van der Waals surface area contributed by atoms with Gasteiger partial charge >= 0.3 is 5.00 Å². The molecular weight excluding hydrogens is 442 g/mol. The van der Waals surface area contributed by atoms with Crippen molar-refractivity contribution in [1.29, 1.82) is 0 Å². The summed E-state index contributed by atoms with van der Waals surface area (Å²) in [6.07, 6.45) is 2.85. The zero-order chi connectivity index (χ0) is 23.8. The smallest absolute Gasteiger partial charge is 0.324 e. The van der Waals surface area contributed by atoms with Crippen LogP contribution in [0.2, 0.25) is 0 Å². The van der Waals surface area contributed by atoms with E-state index in [1.165, 1.54) is 18.3 Å². The lowest BCUT2D eigenvalue weighted by Gasteiger charge is -2.12. The summed E-state index contributed by atoms with van der Waals surface area (Å²) in [6.45, 7) is 0. The van der Waals surface area contributed by atoms with Gasteiger partial charge in [-0.25, -0.2) is 5.43 Å². The summed E-state index contributed by atoms with van der Waals surface area (Å²) in [5.41, 5.74) is 4.44. The predicted molar refractivity (Wildman–Crippen MR) is 129 cm³/mol. The molecule has 0 unspecified atom stereocenters. The Morgan fingerprint density at radius 3 is 2.33 bits per heavy atom. The van der Waals surface area contributed by atoms with Crippen molar-refractivity contribution in [3.05, 3.63) is 98.5 Å². The Hall–Kier alpha value is -4.31. The van der Waals surface area contributed by atoms with Gasteiger partial charge < -0.3 is 10.2 Å². The van der Waals surface area contributed by atoms with E-state index >= 15 is 0 Å². The molecule has 33 heavy (non-hydrogen) atoms. The third-order valence-corrected chi connectivity index (χ3v) is 5.37. The first-order chi connectivity index (χ1) is 15.8. The van der Waals surface area contributed by atoms with Gasteiger partial charge in [0, 0.05) is 31.4 Å². The summed E-state index contributed by atoms with van der Waals surface area (Å²) in [6, 6.07) is 18.8. The predicted octanol–water partition coefficient (Wildman–Crippen LogP) is 3.64. The normalized spacial score (nSPS) is 11.3. The van der Waals surface area contributed by atoms with Crippen LogP contribution in [-0.4, -0.2) is 37.0 Å². The summed E-state index contributed by atoms with van der Waals surface area (Å²) in [4.78, 5) is 38.1. The molecule has 2 N–H and O–H groups in total. The first-order valence-electron chi connectivity index (χ1n) is 9.76. The molecule has 0 spiro atoms. The minimum atomic E-state index is -0.640. The van der Waals surface area contributed by atoms with Crippen molar-refractivity contribution in [2.45, 2.75) is 0 Å². The van der Waals surface area contributed by atoms with Crippen molar-refractivity contribution in [3.63, 3.8) is 0 Å². The van der Waals surface area contributed by atoms with E-state index in [1.807, 2.05) is 43.3 Å². The number of benzene rings is 2. The Morgan fingerprint density at radius 2 is 1.73 bits per heavy atom. The fourth-order valence-electron chi connectivity index (χ4n) is 2.70. The monoisotopic (exact) mass is 463 g/mol. The molecule has 3 rings (SSSR count). The molecule has 0 aliphatic heterocycles. The zero-order valence-electron chi connectivity index (χ0n) is 17.9. The van der Waals surface area contributed by atoms with Crippen LogP contribution in [-0.2, 0) is 4.79 Å². The van der Waals surface area contributed by atoms with Crippen molar-refractivity contribution in [3.8, 4) is 0 Å². The maximum Gasteiger partial charge on any atom is 0.324 e. The summed E-state index contributed by atoms with van der Waals surface area (Å²) in [5, 5.41) is 17.2. The lowest BCUT2D eigenvalue weighted by atomic mass is 10.1. The Bertz CT molecular complexity index is 1200. The number of nitrogens with one attached hydrogen (secondary N) is 2. The van der Waals surface area contributed by atoms with E-state index in [0.29, 0.717) is 16.0 Å². The van der Waals surface area contributed by atoms with Gasteiger partial charge in [-0.15, -0.1) is 0 Å². The highest BCUT2D eigenvalue weighted by molar-refractivity contribution is 7.16. The number of anilines is 1. The Kier molecular flexibility index (Phi) is 7.66. The van der Waals surface area contributed by atoms with Crippen LogP contribution >= 0.6 is 11.3 Å². The molecule has 1 aromatic heterocycles. The second-order valence-corrected chi connectivity index (χ2v) is 8.09. The van der Waals surface area contributed by atoms with Crippen LogP contribution < -0.4 is 15.6 Å². The number of thiophene rings is 1. The topological polar surface area (TPSA) is 117 Å². The van der Waals surface area contributed by atoms with Crippen molar-refractivity contribution >= 4 is 46.1 Å². The average Bonchev–Trinajstić information content (AvgIpc) is 3.29. The van der Waals surface area contributed by atoms with Crippen molar-refractivity contribution in [2.75, 3.05) is 19.0 Å². The highest BCUT2D eigenvalue weighted by Crippen LogP contribution is 2.22. The van der Waals surface area contributed by atoms with Crippen LogP contribution in [0, 0.1) is 10.1 Å². The van der Waals surface area contributed by atoms with Crippen LogP contribution in [0.5, 0.6) is 0 Å². The lowest BCUT2D eigenvalue weighted by Crippen LogP contribution is -2.32. The second kappa shape index (κ2) is 10.8. The van der Waals surface area contributed by atoms with Gasteiger partial charge in [-0.1, -0.05) is 41.7 Å². The number of hydrogen-bond acceptors (Lipinski definition) is 7. The molecule has 0 radical (unpaired) electrons. The average molecular weight is 464 g/mol. The molecule has 0 bridgehead atoms. The summed E-state index contributed by atoms with van der Waals surface area (Å²) >= 11 is 0.927.